The van der Waals surface area contributed by atoms with Gasteiger partial charge in [0.1, 0.15) is 6.04 Å². The fourth-order valence-electron chi connectivity index (χ4n) is 2.15. The van der Waals surface area contributed by atoms with Crippen LogP contribution in [0.4, 0.5) is 4.39 Å². The Hall–Kier alpha value is -1.98. The van der Waals surface area contributed by atoms with Gasteiger partial charge in [-0.15, -0.1) is 0 Å². The predicted octanol–water partition coefficient (Wildman–Crippen LogP) is 0.571. The van der Waals surface area contributed by atoms with E-state index in [0.717, 1.165) is 6.42 Å². The molecule has 1 aliphatic rings. The molecule has 1 aromatic heterocycles. The number of likely N-dealkylation sites (N-methyl/N-ethyl adjacent to an activating group) is 1. The summed E-state index contributed by atoms with van der Waals surface area (Å²) in [6.45, 7) is 0.464. The highest BCUT2D eigenvalue weighted by Crippen LogP contribution is 2.20. The van der Waals surface area contributed by atoms with E-state index >= 15 is 0 Å². The summed E-state index contributed by atoms with van der Waals surface area (Å²) < 4.78 is 13.4. The Bertz CT molecular complexity index is 478. The minimum absolute atomic E-state index is 0.0895. The molecule has 1 atom stereocenters. The van der Waals surface area contributed by atoms with Gasteiger partial charge in [-0.25, -0.2) is 4.98 Å². The van der Waals surface area contributed by atoms with Crippen molar-refractivity contribution in [1.82, 2.24) is 15.2 Å². The first-order valence-corrected chi connectivity index (χ1v) is 5.78. The summed E-state index contributed by atoms with van der Waals surface area (Å²) in [5.74, 6) is -1.50. The van der Waals surface area contributed by atoms with Crippen molar-refractivity contribution < 1.29 is 14.0 Å². The van der Waals surface area contributed by atoms with Gasteiger partial charge >= 0.3 is 0 Å². The zero-order valence-corrected chi connectivity index (χ0v) is 10.0. The first-order valence-electron chi connectivity index (χ1n) is 5.78. The molecule has 1 fully saturated rings. The number of nitrogens with zero attached hydrogens (tertiary/aromatic N) is 2. The van der Waals surface area contributed by atoms with Gasteiger partial charge in [0.05, 0.1) is 5.56 Å². The standard InChI is InChI=1S/C12H14FN3O2/c1-14-11(17)9-5-3-7-16(9)12(18)8-4-2-6-15-10(8)13/h2,4,6,9H,3,5,7H2,1H3,(H,14,17). The maximum absolute atomic E-state index is 13.4. The predicted molar refractivity (Wildman–Crippen MR) is 62.3 cm³/mol. The number of carbonyl (C=O) groups is 2. The van der Waals surface area contributed by atoms with Crippen molar-refractivity contribution in [3.8, 4) is 0 Å². The van der Waals surface area contributed by atoms with E-state index in [1.165, 1.54) is 30.3 Å². The number of rotatable bonds is 2. The number of amides is 2. The molecule has 0 aromatic carbocycles. The van der Waals surface area contributed by atoms with E-state index in [1.807, 2.05) is 0 Å². The van der Waals surface area contributed by atoms with Crippen LogP contribution in [-0.2, 0) is 4.79 Å². The van der Waals surface area contributed by atoms with Gasteiger partial charge in [-0.05, 0) is 25.0 Å². The van der Waals surface area contributed by atoms with Crippen molar-refractivity contribution in [2.75, 3.05) is 13.6 Å². The molecule has 1 unspecified atom stereocenters. The molecule has 1 aromatic rings. The highest BCUT2D eigenvalue weighted by Gasteiger charge is 2.34. The third-order valence-corrected chi connectivity index (χ3v) is 3.05. The van der Waals surface area contributed by atoms with Crippen LogP contribution in [-0.4, -0.2) is 41.3 Å². The summed E-state index contributed by atoms with van der Waals surface area (Å²) in [7, 11) is 1.52. The van der Waals surface area contributed by atoms with E-state index in [2.05, 4.69) is 10.3 Å². The van der Waals surface area contributed by atoms with Crippen molar-refractivity contribution in [1.29, 1.82) is 0 Å². The number of aromatic nitrogens is 1. The smallest absolute Gasteiger partial charge is 0.259 e. The van der Waals surface area contributed by atoms with E-state index in [9.17, 15) is 14.0 Å². The van der Waals surface area contributed by atoms with Crippen LogP contribution < -0.4 is 5.32 Å². The van der Waals surface area contributed by atoms with Crippen LogP contribution in [0.5, 0.6) is 0 Å². The third kappa shape index (κ3) is 2.18. The molecule has 1 aliphatic heterocycles. The lowest BCUT2D eigenvalue weighted by atomic mass is 10.2. The topological polar surface area (TPSA) is 62.3 Å². The Labute approximate surface area is 104 Å². The first kappa shape index (κ1) is 12.5. The molecule has 1 N–H and O–H groups in total. The molecule has 5 nitrogen and oxygen atoms in total. The number of halogens is 1. The lowest BCUT2D eigenvalue weighted by Crippen LogP contribution is -2.45. The molecule has 0 radical (unpaired) electrons. The van der Waals surface area contributed by atoms with Gasteiger partial charge in [-0.3, -0.25) is 9.59 Å². The largest absolute Gasteiger partial charge is 0.357 e. The fourth-order valence-corrected chi connectivity index (χ4v) is 2.15. The summed E-state index contributed by atoms with van der Waals surface area (Å²) in [5, 5.41) is 2.52. The second-order valence-corrected chi connectivity index (χ2v) is 4.11. The molecule has 1 saturated heterocycles. The summed E-state index contributed by atoms with van der Waals surface area (Å²) in [6.07, 6.45) is 2.63. The van der Waals surface area contributed by atoms with Crippen LogP contribution in [0.2, 0.25) is 0 Å². The van der Waals surface area contributed by atoms with Crippen molar-refractivity contribution in [2.45, 2.75) is 18.9 Å². The van der Waals surface area contributed by atoms with Crippen molar-refractivity contribution in [2.24, 2.45) is 0 Å². The highest BCUT2D eigenvalue weighted by molar-refractivity contribution is 5.97. The van der Waals surface area contributed by atoms with E-state index in [4.69, 9.17) is 0 Å². The molecule has 2 heterocycles. The molecular formula is C12H14FN3O2. The molecule has 0 spiro atoms. The van der Waals surface area contributed by atoms with Gasteiger partial charge < -0.3 is 10.2 Å². The quantitative estimate of drug-likeness (QED) is 0.782. The highest BCUT2D eigenvalue weighted by atomic mass is 19.1. The molecule has 0 saturated carbocycles. The van der Waals surface area contributed by atoms with E-state index in [-0.39, 0.29) is 11.5 Å². The van der Waals surface area contributed by atoms with Crippen LogP contribution in [0.3, 0.4) is 0 Å². The summed E-state index contributed by atoms with van der Waals surface area (Å²) in [4.78, 5) is 28.6. The van der Waals surface area contributed by atoms with Crippen LogP contribution in [0.1, 0.15) is 23.2 Å². The minimum Gasteiger partial charge on any atom is -0.357 e. The van der Waals surface area contributed by atoms with E-state index in [0.29, 0.717) is 13.0 Å². The van der Waals surface area contributed by atoms with Gasteiger partial charge in [-0.1, -0.05) is 0 Å². The van der Waals surface area contributed by atoms with Crippen molar-refractivity contribution in [3.63, 3.8) is 0 Å². The molecule has 2 amide bonds. The normalized spacial score (nSPS) is 18.8. The molecule has 96 valence electrons. The SMILES string of the molecule is CNC(=O)C1CCCN1C(=O)c1cccnc1F. The molecule has 6 heteroatoms. The number of hydrogen-bond acceptors (Lipinski definition) is 3. The van der Waals surface area contributed by atoms with E-state index in [1.54, 1.807) is 0 Å². The second-order valence-electron chi connectivity index (χ2n) is 4.11. The van der Waals surface area contributed by atoms with Crippen LogP contribution in [0.25, 0.3) is 0 Å². The van der Waals surface area contributed by atoms with Crippen LogP contribution in [0.15, 0.2) is 18.3 Å². The molecule has 2 rings (SSSR count). The van der Waals surface area contributed by atoms with Gasteiger partial charge in [0.2, 0.25) is 11.9 Å². The van der Waals surface area contributed by atoms with Gasteiger partial charge in [0.25, 0.3) is 5.91 Å². The summed E-state index contributed by atoms with van der Waals surface area (Å²) in [5.41, 5.74) is -0.0895. The van der Waals surface area contributed by atoms with Crippen LogP contribution in [0, 0.1) is 5.95 Å². The molecular weight excluding hydrogens is 237 g/mol. The average molecular weight is 251 g/mol. The number of hydrogen-bond donors (Lipinski definition) is 1. The van der Waals surface area contributed by atoms with Crippen molar-refractivity contribution >= 4 is 11.8 Å². The monoisotopic (exact) mass is 251 g/mol. The first-order chi connectivity index (χ1) is 8.65. The Kier molecular flexibility index (Phi) is 3.55. The summed E-state index contributed by atoms with van der Waals surface area (Å²) >= 11 is 0. The van der Waals surface area contributed by atoms with Crippen molar-refractivity contribution in [3.05, 3.63) is 29.8 Å². The Morgan fingerprint density at radius 2 is 2.33 bits per heavy atom. The second kappa shape index (κ2) is 5.12. The molecule has 18 heavy (non-hydrogen) atoms. The third-order valence-electron chi connectivity index (χ3n) is 3.05. The number of pyridine rings is 1. The zero-order chi connectivity index (χ0) is 13.1. The van der Waals surface area contributed by atoms with Gasteiger partial charge in [-0.2, -0.15) is 4.39 Å². The number of carbonyl (C=O) groups excluding carboxylic acids is 2. The number of likely N-dealkylation sites (tertiary alicyclic amines) is 1. The molecule has 0 aliphatic carbocycles. The summed E-state index contributed by atoms with van der Waals surface area (Å²) in [6, 6.07) is 2.37. The lowest BCUT2D eigenvalue weighted by Gasteiger charge is -2.23. The average Bonchev–Trinajstić information content (AvgIpc) is 2.86. The minimum atomic E-state index is -0.801. The van der Waals surface area contributed by atoms with Gasteiger partial charge in [0.15, 0.2) is 0 Å². The van der Waals surface area contributed by atoms with E-state index < -0.39 is 17.9 Å². The molecule has 0 bridgehead atoms. The lowest BCUT2D eigenvalue weighted by molar-refractivity contribution is -0.124. The Balaban J connectivity index is 2.23. The van der Waals surface area contributed by atoms with Gasteiger partial charge in [0, 0.05) is 19.8 Å². The van der Waals surface area contributed by atoms with Crippen LogP contribution >= 0.6 is 0 Å². The Morgan fingerprint density at radius 1 is 1.56 bits per heavy atom. The fraction of sp³-hybridized carbons (Fsp3) is 0.417. The maximum atomic E-state index is 13.4. The zero-order valence-electron chi connectivity index (χ0n) is 10.0. The Morgan fingerprint density at radius 3 is 3.00 bits per heavy atom. The maximum Gasteiger partial charge on any atom is 0.259 e. The number of nitrogens with one attached hydrogen (secondary N) is 1.